The molecule has 1 aromatic carbocycles. The van der Waals surface area contributed by atoms with E-state index in [2.05, 4.69) is 10.2 Å². The monoisotopic (exact) mass is 238 g/mol. The number of hydrogen-bond acceptors (Lipinski definition) is 3. The van der Waals surface area contributed by atoms with Crippen molar-refractivity contribution < 1.29 is 4.39 Å². The number of anilines is 2. The molecule has 1 N–H and O–H groups in total. The molecule has 0 aromatic heterocycles. The van der Waals surface area contributed by atoms with Crippen LogP contribution >= 0.6 is 11.8 Å². The molecule has 86 valence electrons. The second-order valence-corrected chi connectivity index (χ2v) is 5.45. The molecule has 0 radical (unpaired) electrons. The van der Waals surface area contributed by atoms with E-state index < -0.39 is 0 Å². The highest BCUT2D eigenvalue weighted by Crippen LogP contribution is 2.34. The van der Waals surface area contributed by atoms with Gasteiger partial charge < -0.3 is 10.2 Å². The van der Waals surface area contributed by atoms with Gasteiger partial charge in [0.15, 0.2) is 0 Å². The van der Waals surface area contributed by atoms with Crippen LogP contribution in [0.2, 0.25) is 0 Å². The van der Waals surface area contributed by atoms with E-state index in [1.54, 1.807) is 12.1 Å². The zero-order chi connectivity index (χ0) is 11.0. The zero-order valence-corrected chi connectivity index (χ0v) is 9.89. The molecule has 1 aromatic rings. The van der Waals surface area contributed by atoms with Gasteiger partial charge in [-0.3, -0.25) is 0 Å². The lowest BCUT2D eigenvalue weighted by Crippen LogP contribution is -2.42. The average molecular weight is 238 g/mol. The highest BCUT2D eigenvalue weighted by atomic mass is 32.2. The molecular weight excluding hydrogens is 223 g/mol. The lowest BCUT2D eigenvalue weighted by Gasteiger charge is -2.36. The summed E-state index contributed by atoms with van der Waals surface area (Å²) in [6.45, 7) is 2.02. The Labute approximate surface area is 99.2 Å². The molecule has 3 rings (SSSR count). The minimum Gasteiger partial charge on any atom is -0.383 e. The minimum absolute atomic E-state index is 0.156. The number of thioether (sulfide) groups is 1. The number of halogens is 1. The Morgan fingerprint density at radius 2 is 2.38 bits per heavy atom. The summed E-state index contributed by atoms with van der Waals surface area (Å²) in [5.41, 5.74) is 2.12. The Bertz CT molecular complexity index is 397. The smallest absolute Gasteiger partial charge is 0.125 e. The van der Waals surface area contributed by atoms with Gasteiger partial charge in [0.1, 0.15) is 5.82 Å². The van der Waals surface area contributed by atoms with Crippen LogP contribution in [-0.4, -0.2) is 30.6 Å². The summed E-state index contributed by atoms with van der Waals surface area (Å²) in [5, 5.41) is 3.33. The van der Waals surface area contributed by atoms with E-state index in [0.717, 1.165) is 25.2 Å². The Morgan fingerprint density at radius 3 is 3.31 bits per heavy atom. The van der Waals surface area contributed by atoms with Crippen LogP contribution < -0.4 is 10.2 Å². The van der Waals surface area contributed by atoms with Crippen molar-refractivity contribution in [1.82, 2.24) is 0 Å². The van der Waals surface area contributed by atoms with Gasteiger partial charge >= 0.3 is 0 Å². The van der Waals surface area contributed by atoms with Crippen LogP contribution in [-0.2, 0) is 0 Å². The average Bonchev–Trinajstić information content (AvgIpc) is 2.47. The summed E-state index contributed by atoms with van der Waals surface area (Å²) in [7, 11) is 0. The molecule has 2 nitrogen and oxygen atoms in total. The van der Waals surface area contributed by atoms with Crippen LogP contribution in [0, 0.1) is 5.82 Å². The van der Waals surface area contributed by atoms with Crippen LogP contribution in [0.15, 0.2) is 18.2 Å². The molecule has 2 heterocycles. The molecular formula is C12H15FN2S. The van der Waals surface area contributed by atoms with Gasteiger partial charge in [0.25, 0.3) is 0 Å². The van der Waals surface area contributed by atoms with Crippen molar-refractivity contribution in [2.75, 3.05) is 34.8 Å². The van der Waals surface area contributed by atoms with E-state index in [9.17, 15) is 4.39 Å². The van der Waals surface area contributed by atoms with Crippen molar-refractivity contribution >= 4 is 23.1 Å². The van der Waals surface area contributed by atoms with Crippen molar-refractivity contribution in [1.29, 1.82) is 0 Å². The lowest BCUT2D eigenvalue weighted by molar-refractivity contribution is 0.621. The lowest BCUT2D eigenvalue weighted by atomic mass is 10.2. The van der Waals surface area contributed by atoms with Crippen LogP contribution in [0.1, 0.15) is 6.42 Å². The SMILES string of the molecule is Fc1ccc2c(c1)NCCC1CSCCN21. The third kappa shape index (κ3) is 1.75. The molecule has 2 aliphatic heterocycles. The Morgan fingerprint density at radius 1 is 1.44 bits per heavy atom. The van der Waals surface area contributed by atoms with Gasteiger partial charge in [-0.25, -0.2) is 4.39 Å². The van der Waals surface area contributed by atoms with Gasteiger partial charge in [-0.1, -0.05) is 0 Å². The summed E-state index contributed by atoms with van der Waals surface area (Å²) >= 11 is 2.02. The molecule has 0 bridgehead atoms. The Hall–Kier alpha value is -0.900. The van der Waals surface area contributed by atoms with Gasteiger partial charge in [-0.05, 0) is 24.6 Å². The highest BCUT2D eigenvalue weighted by Gasteiger charge is 2.26. The molecule has 1 atom stereocenters. The predicted molar refractivity (Wildman–Crippen MR) is 68.0 cm³/mol. The zero-order valence-electron chi connectivity index (χ0n) is 9.08. The first-order valence-corrected chi connectivity index (χ1v) is 6.88. The van der Waals surface area contributed by atoms with Crippen LogP contribution in [0.3, 0.4) is 0 Å². The molecule has 1 fully saturated rings. The first kappa shape index (κ1) is 10.3. The molecule has 4 heteroatoms. The van der Waals surface area contributed by atoms with Gasteiger partial charge in [-0.2, -0.15) is 11.8 Å². The number of fused-ring (bicyclic) bond motifs is 3. The number of hydrogen-bond donors (Lipinski definition) is 1. The van der Waals surface area contributed by atoms with Gasteiger partial charge in [0, 0.05) is 30.6 Å². The standard InChI is InChI=1S/C12H15FN2S/c13-9-1-2-12-11(7-9)14-4-3-10-8-16-6-5-15(10)12/h1-2,7,10,14H,3-6,8H2. The highest BCUT2D eigenvalue weighted by molar-refractivity contribution is 7.99. The Kier molecular flexibility index (Phi) is 2.67. The summed E-state index contributed by atoms with van der Waals surface area (Å²) in [5.74, 6) is 2.21. The summed E-state index contributed by atoms with van der Waals surface area (Å²) < 4.78 is 13.2. The van der Waals surface area contributed by atoms with E-state index in [4.69, 9.17) is 0 Å². The number of benzene rings is 1. The Balaban J connectivity index is 2.00. The van der Waals surface area contributed by atoms with Gasteiger partial charge in [0.2, 0.25) is 0 Å². The third-order valence-electron chi connectivity index (χ3n) is 3.29. The van der Waals surface area contributed by atoms with E-state index in [0.29, 0.717) is 6.04 Å². The van der Waals surface area contributed by atoms with Gasteiger partial charge in [0.05, 0.1) is 11.4 Å². The topological polar surface area (TPSA) is 15.3 Å². The summed E-state index contributed by atoms with van der Waals surface area (Å²) in [6, 6.07) is 5.69. The van der Waals surface area contributed by atoms with Crippen LogP contribution in [0.4, 0.5) is 15.8 Å². The van der Waals surface area contributed by atoms with Crippen molar-refractivity contribution in [3.8, 4) is 0 Å². The quantitative estimate of drug-likeness (QED) is 0.748. The summed E-state index contributed by atoms with van der Waals surface area (Å²) in [6.07, 6.45) is 1.14. The maximum absolute atomic E-state index is 13.2. The van der Waals surface area contributed by atoms with E-state index in [-0.39, 0.29) is 5.82 Å². The fourth-order valence-electron chi connectivity index (χ4n) is 2.48. The minimum atomic E-state index is -0.156. The largest absolute Gasteiger partial charge is 0.383 e. The second-order valence-electron chi connectivity index (χ2n) is 4.30. The van der Waals surface area contributed by atoms with Crippen molar-refractivity contribution in [3.05, 3.63) is 24.0 Å². The molecule has 16 heavy (non-hydrogen) atoms. The maximum atomic E-state index is 13.2. The van der Waals surface area contributed by atoms with Gasteiger partial charge in [-0.15, -0.1) is 0 Å². The number of nitrogens with zero attached hydrogens (tertiary/aromatic N) is 1. The third-order valence-corrected chi connectivity index (χ3v) is 4.38. The fraction of sp³-hybridized carbons (Fsp3) is 0.500. The normalized spacial score (nSPS) is 24.1. The fourth-order valence-corrected chi connectivity index (χ4v) is 3.60. The number of nitrogens with one attached hydrogen (secondary N) is 1. The first-order valence-electron chi connectivity index (χ1n) is 5.72. The molecule has 0 aliphatic carbocycles. The van der Waals surface area contributed by atoms with Crippen molar-refractivity contribution in [2.45, 2.75) is 12.5 Å². The molecule has 2 aliphatic rings. The predicted octanol–water partition coefficient (Wildman–Crippen LogP) is 2.56. The van der Waals surface area contributed by atoms with Crippen LogP contribution in [0.25, 0.3) is 0 Å². The van der Waals surface area contributed by atoms with Crippen molar-refractivity contribution in [2.24, 2.45) is 0 Å². The molecule has 0 spiro atoms. The second kappa shape index (κ2) is 4.17. The molecule has 0 amide bonds. The first-order chi connectivity index (χ1) is 7.84. The molecule has 1 unspecified atom stereocenters. The van der Waals surface area contributed by atoms with E-state index >= 15 is 0 Å². The van der Waals surface area contributed by atoms with E-state index in [1.807, 2.05) is 17.8 Å². The summed E-state index contributed by atoms with van der Waals surface area (Å²) in [4.78, 5) is 2.44. The van der Waals surface area contributed by atoms with E-state index in [1.165, 1.54) is 17.2 Å². The van der Waals surface area contributed by atoms with Crippen LogP contribution in [0.5, 0.6) is 0 Å². The number of rotatable bonds is 0. The molecule has 0 saturated carbocycles. The van der Waals surface area contributed by atoms with Crippen molar-refractivity contribution in [3.63, 3.8) is 0 Å². The maximum Gasteiger partial charge on any atom is 0.125 e. The molecule has 1 saturated heterocycles.